The topological polar surface area (TPSA) is 43.1 Å². The number of ketones is 1. The molecule has 2 rings (SSSR count). The van der Waals surface area contributed by atoms with E-state index >= 15 is 0 Å². The number of anilines is 1. The molecule has 0 saturated heterocycles. The maximum absolute atomic E-state index is 12.0. The maximum Gasteiger partial charge on any atom is 0.140 e. The molecule has 0 unspecified atom stereocenters. The van der Waals surface area contributed by atoms with E-state index < -0.39 is 0 Å². The standard InChI is InChI=1S/C14H19NO/c15-13-8-4-5-11(9-13)10-14(16)12-6-2-1-3-7-12/h4-5,8-9,12H,1-3,6-7,10,15H2. The molecule has 1 aromatic carbocycles. The molecule has 1 aliphatic rings. The van der Waals surface area contributed by atoms with Crippen LogP contribution in [0.25, 0.3) is 0 Å². The Hall–Kier alpha value is -1.31. The normalized spacial score (nSPS) is 17.2. The molecule has 1 saturated carbocycles. The maximum atomic E-state index is 12.0. The highest BCUT2D eigenvalue weighted by Gasteiger charge is 2.20. The number of nitrogen functional groups attached to an aromatic ring is 1. The molecule has 0 amide bonds. The molecule has 2 nitrogen and oxygen atoms in total. The smallest absolute Gasteiger partial charge is 0.140 e. The molecule has 1 fully saturated rings. The van der Waals surface area contributed by atoms with E-state index in [-0.39, 0.29) is 0 Å². The van der Waals surface area contributed by atoms with Gasteiger partial charge in [-0.2, -0.15) is 0 Å². The molecular weight excluding hydrogens is 198 g/mol. The van der Waals surface area contributed by atoms with E-state index in [1.54, 1.807) is 0 Å². The van der Waals surface area contributed by atoms with Crippen LogP contribution in [0.5, 0.6) is 0 Å². The van der Waals surface area contributed by atoms with Crippen molar-refractivity contribution in [1.82, 2.24) is 0 Å². The molecule has 0 atom stereocenters. The number of carbonyl (C=O) groups excluding carboxylic acids is 1. The fourth-order valence-corrected chi connectivity index (χ4v) is 2.47. The van der Waals surface area contributed by atoms with Gasteiger partial charge in [0.2, 0.25) is 0 Å². The van der Waals surface area contributed by atoms with E-state index in [0.717, 1.165) is 24.1 Å². The second kappa shape index (κ2) is 5.15. The Bertz CT molecular complexity index is 367. The van der Waals surface area contributed by atoms with Crippen LogP contribution >= 0.6 is 0 Å². The number of hydrogen-bond acceptors (Lipinski definition) is 2. The summed E-state index contributed by atoms with van der Waals surface area (Å²) in [5.74, 6) is 0.695. The van der Waals surface area contributed by atoms with Crippen LogP contribution in [0.15, 0.2) is 24.3 Å². The Balaban J connectivity index is 1.96. The first-order valence-corrected chi connectivity index (χ1v) is 6.13. The fourth-order valence-electron chi connectivity index (χ4n) is 2.47. The first-order valence-electron chi connectivity index (χ1n) is 6.13. The van der Waals surface area contributed by atoms with Crippen molar-refractivity contribution < 1.29 is 4.79 Å². The van der Waals surface area contributed by atoms with E-state index in [4.69, 9.17) is 5.73 Å². The van der Waals surface area contributed by atoms with Gasteiger partial charge in [0.1, 0.15) is 5.78 Å². The molecule has 0 aliphatic heterocycles. The average molecular weight is 217 g/mol. The first-order chi connectivity index (χ1) is 7.75. The first kappa shape index (κ1) is 11.2. The van der Waals surface area contributed by atoms with Gasteiger partial charge in [0.25, 0.3) is 0 Å². The zero-order chi connectivity index (χ0) is 11.4. The zero-order valence-electron chi connectivity index (χ0n) is 9.61. The highest BCUT2D eigenvalue weighted by molar-refractivity contribution is 5.83. The molecule has 2 heteroatoms. The number of carbonyl (C=O) groups is 1. The van der Waals surface area contributed by atoms with E-state index in [9.17, 15) is 4.79 Å². The van der Waals surface area contributed by atoms with Gasteiger partial charge in [0.15, 0.2) is 0 Å². The van der Waals surface area contributed by atoms with Gasteiger partial charge in [-0.05, 0) is 30.5 Å². The summed E-state index contributed by atoms with van der Waals surface area (Å²) in [7, 11) is 0. The van der Waals surface area contributed by atoms with E-state index in [1.807, 2.05) is 24.3 Å². The van der Waals surface area contributed by atoms with Crippen molar-refractivity contribution in [2.45, 2.75) is 38.5 Å². The van der Waals surface area contributed by atoms with E-state index in [1.165, 1.54) is 19.3 Å². The Morgan fingerprint density at radius 2 is 2.00 bits per heavy atom. The summed E-state index contributed by atoms with van der Waals surface area (Å²) in [5, 5.41) is 0. The number of Topliss-reactive ketones (excluding diaryl/α,β-unsaturated/α-hetero) is 1. The lowest BCUT2D eigenvalue weighted by atomic mass is 9.84. The van der Waals surface area contributed by atoms with Crippen LogP contribution < -0.4 is 5.73 Å². The number of nitrogens with two attached hydrogens (primary N) is 1. The van der Waals surface area contributed by atoms with Crippen molar-refractivity contribution >= 4 is 11.5 Å². The van der Waals surface area contributed by atoms with Crippen LogP contribution in [0.4, 0.5) is 5.69 Å². The van der Waals surface area contributed by atoms with Crippen LogP contribution in [-0.2, 0) is 11.2 Å². The summed E-state index contributed by atoms with van der Waals surface area (Å²) in [4.78, 5) is 12.0. The summed E-state index contributed by atoms with van der Waals surface area (Å²) < 4.78 is 0. The molecule has 1 aliphatic carbocycles. The van der Waals surface area contributed by atoms with Crippen molar-refractivity contribution in [2.24, 2.45) is 5.92 Å². The molecule has 0 bridgehead atoms. The number of hydrogen-bond donors (Lipinski definition) is 1. The van der Waals surface area contributed by atoms with Crippen molar-refractivity contribution in [3.8, 4) is 0 Å². The van der Waals surface area contributed by atoms with Gasteiger partial charge in [-0.3, -0.25) is 4.79 Å². The lowest BCUT2D eigenvalue weighted by molar-refractivity contribution is -0.123. The predicted octanol–water partition coefficient (Wildman–Crippen LogP) is 2.96. The summed E-state index contributed by atoms with van der Waals surface area (Å²) in [6, 6.07) is 7.66. The van der Waals surface area contributed by atoms with Crippen LogP contribution in [-0.4, -0.2) is 5.78 Å². The van der Waals surface area contributed by atoms with Gasteiger partial charge in [0, 0.05) is 18.0 Å². The monoisotopic (exact) mass is 217 g/mol. The van der Waals surface area contributed by atoms with Gasteiger partial charge in [0.05, 0.1) is 0 Å². The van der Waals surface area contributed by atoms with Crippen molar-refractivity contribution in [3.05, 3.63) is 29.8 Å². The molecule has 1 aromatic rings. The summed E-state index contributed by atoms with van der Waals surface area (Å²) in [6.45, 7) is 0. The quantitative estimate of drug-likeness (QED) is 0.791. The van der Waals surface area contributed by atoms with E-state index in [2.05, 4.69) is 0 Å². The molecule has 0 aromatic heterocycles. The zero-order valence-corrected chi connectivity index (χ0v) is 9.61. The summed E-state index contributed by atoms with van der Waals surface area (Å²) >= 11 is 0. The average Bonchev–Trinajstić information content (AvgIpc) is 2.30. The lowest BCUT2D eigenvalue weighted by Gasteiger charge is -2.20. The largest absolute Gasteiger partial charge is 0.399 e. The van der Waals surface area contributed by atoms with Gasteiger partial charge < -0.3 is 5.73 Å². The second-order valence-corrected chi connectivity index (χ2v) is 4.72. The summed E-state index contributed by atoms with van der Waals surface area (Å²) in [5.41, 5.74) is 7.50. The minimum absolute atomic E-state index is 0.301. The van der Waals surface area contributed by atoms with Crippen LogP contribution in [0.1, 0.15) is 37.7 Å². The van der Waals surface area contributed by atoms with Gasteiger partial charge in [-0.15, -0.1) is 0 Å². The minimum Gasteiger partial charge on any atom is -0.399 e. The molecule has 16 heavy (non-hydrogen) atoms. The van der Waals surface area contributed by atoms with Gasteiger partial charge >= 0.3 is 0 Å². The molecular formula is C14H19NO. The van der Waals surface area contributed by atoms with Crippen molar-refractivity contribution in [1.29, 1.82) is 0 Å². The third kappa shape index (κ3) is 2.84. The van der Waals surface area contributed by atoms with Crippen molar-refractivity contribution in [3.63, 3.8) is 0 Å². The lowest BCUT2D eigenvalue weighted by Crippen LogP contribution is -2.19. The van der Waals surface area contributed by atoms with Gasteiger partial charge in [-0.1, -0.05) is 31.4 Å². The van der Waals surface area contributed by atoms with Gasteiger partial charge in [-0.25, -0.2) is 0 Å². The van der Waals surface area contributed by atoms with Crippen LogP contribution in [0.3, 0.4) is 0 Å². The Morgan fingerprint density at radius 1 is 1.25 bits per heavy atom. The minimum atomic E-state index is 0.301. The molecule has 0 spiro atoms. The Labute approximate surface area is 96.8 Å². The number of rotatable bonds is 3. The molecule has 2 N–H and O–H groups in total. The fraction of sp³-hybridized carbons (Fsp3) is 0.500. The van der Waals surface area contributed by atoms with Crippen molar-refractivity contribution in [2.75, 3.05) is 5.73 Å². The third-order valence-corrected chi connectivity index (χ3v) is 3.39. The van der Waals surface area contributed by atoms with Crippen LogP contribution in [0.2, 0.25) is 0 Å². The van der Waals surface area contributed by atoms with E-state index in [0.29, 0.717) is 18.1 Å². The van der Waals surface area contributed by atoms with Crippen LogP contribution in [0, 0.1) is 5.92 Å². The predicted molar refractivity (Wildman–Crippen MR) is 66.1 cm³/mol. The third-order valence-electron chi connectivity index (χ3n) is 3.39. The molecule has 0 radical (unpaired) electrons. The Morgan fingerprint density at radius 3 is 2.69 bits per heavy atom. The number of benzene rings is 1. The highest BCUT2D eigenvalue weighted by Crippen LogP contribution is 2.25. The molecule has 0 heterocycles. The summed E-state index contributed by atoms with van der Waals surface area (Å²) in [6.07, 6.45) is 6.45. The SMILES string of the molecule is Nc1cccc(CC(=O)C2CCCCC2)c1. The molecule has 86 valence electrons. The highest BCUT2D eigenvalue weighted by atomic mass is 16.1. The Kier molecular flexibility index (Phi) is 3.60. The second-order valence-electron chi connectivity index (χ2n) is 4.72.